The molecule has 2 aromatic rings. The van der Waals surface area contributed by atoms with E-state index in [0.717, 1.165) is 10.1 Å². The molecule has 0 saturated carbocycles. The highest BCUT2D eigenvalue weighted by molar-refractivity contribution is 5.83. The maximum atomic E-state index is 12.3. The van der Waals surface area contributed by atoms with Crippen molar-refractivity contribution in [2.45, 2.75) is 32.9 Å². The largest absolute Gasteiger partial charge is 0.394 e. The number of carbonyl (C=O) groups is 1. The molecule has 0 bridgehead atoms. The number of nitrogens with zero attached hydrogens (tertiary/aromatic N) is 2. The van der Waals surface area contributed by atoms with Gasteiger partial charge in [-0.15, -0.1) is 0 Å². The molecule has 1 amide bonds. The lowest BCUT2D eigenvalue weighted by Gasteiger charge is -2.23. The third kappa shape index (κ3) is 3.28. The molecule has 1 aromatic carbocycles. The zero-order valence-electron chi connectivity index (χ0n) is 12.4. The number of hydrogen-bond donors (Lipinski definition) is 2. The smallest absolute Gasteiger partial charge is 0.275 e. The third-order valence-corrected chi connectivity index (χ3v) is 3.22. The van der Waals surface area contributed by atoms with E-state index < -0.39 is 5.54 Å². The molecule has 0 aliphatic carbocycles. The Balaban J connectivity index is 2.34. The zero-order chi connectivity index (χ0) is 15.6. The zero-order valence-corrected chi connectivity index (χ0v) is 12.4. The van der Waals surface area contributed by atoms with Crippen LogP contribution in [-0.4, -0.2) is 32.9 Å². The highest BCUT2D eigenvalue weighted by Gasteiger charge is 2.20. The molecule has 0 fully saturated rings. The average molecular weight is 289 g/mol. The summed E-state index contributed by atoms with van der Waals surface area (Å²) in [6, 6.07) is 7.18. The highest BCUT2D eigenvalue weighted by atomic mass is 16.3. The van der Waals surface area contributed by atoms with Crippen LogP contribution in [0.4, 0.5) is 0 Å². The van der Waals surface area contributed by atoms with Crippen molar-refractivity contribution in [1.82, 2.24) is 15.1 Å². The van der Waals surface area contributed by atoms with Crippen molar-refractivity contribution in [2.24, 2.45) is 0 Å². The molecule has 6 heteroatoms. The van der Waals surface area contributed by atoms with E-state index in [4.69, 9.17) is 5.11 Å². The minimum atomic E-state index is -0.730. The van der Waals surface area contributed by atoms with Crippen molar-refractivity contribution in [2.75, 3.05) is 6.61 Å². The number of carbonyl (C=O) groups excluding carboxylic acids is 1. The summed E-state index contributed by atoms with van der Waals surface area (Å²) in [6.45, 7) is 4.85. The van der Waals surface area contributed by atoms with E-state index in [1.54, 1.807) is 32.9 Å². The second-order valence-electron chi connectivity index (χ2n) is 5.68. The Labute approximate surface area is 122 Å². The van der Waals surface area contributed by atoms with E-state index in [-0.39, 0.29) is 24.6 Å². The van der Waals surface area contributed by atoms with E-state index >= 15 is 0 Å². The third-order valence-electron chi connectivity index (χ3n) is 3.22. The van der Waals surface area contributed by atoms with Gasteiger partial charge in [-0.05, 0) is 26.8 Å². The summed E-state index contributed by atoms with van der Waals surface area (Å²) in [5.41, 5.74) is -0.334. The molecule has 2 N–H and O–H groups in total. The molecule has 0 atom stereocenters. The van der Waals surface area contributed by atoms with Gasteiger partial charge >= 0.3 is 0 Å². The van der Waals surface area contributed by atoms with E-state index in [2.05, 4.69) is 10.4 Å². The Morgan fingerprint density at radius 3 is 2.57 bits per heavy atom. The molecular weight excluding hydrogens is 270 g/mol. The van der Waals surface area contributed by atoms with Gasteiger partial charge in [0.05, 0.1) is 23.2 Å². The number of rotatable bonds is 4. The second kappa shape index (κ2) is 5.65. The molecule has 1 heterocycles. The quantitative estimate of drug-likeness (QED) is 0.863. The summed E-state index contributed by atoms with van der Waals surface area (Å²) in [5, 5.41) is 17.3. The monoisotopic (exact) mass is 289 g/mol. The molecule has 2 rings (SSSR count). The van der Waals surface area contributed by atoms with Gasteiger partial charge in [0, 0.05) is 5.39 Å². The Hall–Kier alpha value is -2.21. The number of amides is 1. The van der Waals surface area contributed by atoms with E-state index in [9.17, 15) is 9.59 Å². The number of aromatic nitrogens is 2. The second-order valence-corrected chi connectivity index (χ2v) is 5.68. The molecule has 112 valence electrons. The summed E-state index contributed by atoms with van der Waals surface area (Å²) < 4.78 is 1.15. The lowest BCUT2D eigenvalue weighted by Crippen LogP contribution is -2.48. The van der Waals surface area contributed by atoms with Gasteiger partial charge in [0.25, 0.3) is 5.56 Å². The Bertz CT molecular complexity index is 735. The number of aryl methyl sites for hydroxylation is 1. The van der Waals surface area contributed by atoms with Crippen molar-refractivity contribution in [3.63, 3.8) is 0 Å². The van der Waals surface area contributed by atoms with Gasteiger partial charge in [0.15, 0.2) is 0 Å². The molecule has 6 nitrogen and oxygen atoms in total. The minimum Gasteiger partial charge on any atom is -0.394 e. The van der Waals surface area contributed by atoms with Crippen LogP contribution in [0.3, 0.4) is 0 Å². The molecular formula is C15H19N3O3. The summed E-state index contributed by atoms with van der Waals surface area (Å²) >= 11 is 0. The van der Waals surface area contributed by atoms with Gasteiger partial charge in [0.1, 0.15) is 6.54 Å². The van der Waals surface area contributed by atoms with E-state index in [0.29, 0.717) is 11.1 Å². The van der Waals surface area contributed by atoms with Crippen LogP contribution in [0, 0.1) is 6.92 Å². The fraction of sp³-hybridized carbons (Fsp3) is 0.400. The normalized spacial score (nSPS) is 11.6. The predicted molar refractivity (Wildman–Crippen MR) is 80.0 cm³/mol. The summed E-state index contributed by atoms with van der Waals surface area (Å²) in [6.07, 6.45) is 0. The first-order valence-corrected chi connectivity index (χ1v) is 6.72. The van der Waals surface area contributed by atoms with Gasteiger partial charge in [-0.2, -0.15) is 5.10 Å². The van der Waals surface area contributed by atoms with Crippen LogP contribution in [0.5, 0.6) is 0 Å². The molecule has 0 aliphatic rings. The van der Waals surface area contributed by atoms with Crippen molar-refractivity contribution < 1.29 is 9.90 Å². The van der Waals surface area contributed by atoms with E-state index in [1.165, 1.54) is 0 Å². The maximum absolute atomic E-state index is 12.3. The Morgan fingerprint density at radius 2 is 1.95 bits per heavy atom. The molecule has 0 radical (unpaired) electrons. The van der Waals surface area contributed by atoms with Crippen LogP contribution in [0.2, 0.25) is 0 Å². The lowest BCUT2D eigenvalue weighted by atomic mass is 10.1. The van der Waals surface area contributed by atoms with Crippen molar-refractivity contribution in [3.8, 4) is 0 Å². The fourth-order valence-corrected chi connectivity index (χ4v) is 2.10. The molecule has 0 spiro atoms. The number of aliphatic hydroxyl groups excluding tert-OH is 1. The number of aliphatic hydroxyl groups is 1. The summed E-state index contributed by atoms with van der Waals surface area (Å²) in [7, 11) is 0. The lowest BCUT2D eigenvalue weighted by molar-refractivity contribution is -0.124. The van der Waals surface area contributed by atoms with Crippen molar-refractivity contribution in [3.05, 3.63) is 40.3 Å². The molecule has 21 heavy (non-hydrogen) atoms. The van der Waals surface area contributed by atoms with Crippen LogP contribution in [0.1, 0.15) is 19.5 Å². The topological polar surface area (TPSA) is 84.2 Å². The summed E-state index contributed by atoms with van der Waals surface area (Å²) in [4.78, 5) is 24.3. The summed E-state index contributed by atoms with van der Waals surface area (Å²) in [5.74, 6) is -0.363. The Kier molecular flexibility index (Phi) is 4.09. The van der Waals surface area contributed by atoms with Crippen LogP contribution in [-0.2, 0) is 11.3 Å². The van der Waals surface area contributed by atoms with Gasteiger partial charge in [-0.25, -0.2) is 4.68 Å². The van der Waals surface area contributed by atoms with Crippen LogP contribution in [0.15, 0.2) is 29.1 Å². The first-order chi connectivity index (χ1) is 9.84. The first kappa shape index (κ1) is 15.2. The van der Waals surface area contributed by atoms with Crippen LogP contribution >= 0.6 is 0 Å². The van der Waals surface area contributed by atoms with Crippen LogP contribution in [0.25, 0.3) is 10.8 Å². The number of hydrogen-bond acceptors (Lipinski definition) is 4. The number of nitrogens with one attached hydrogen (secondary N) is 1. The van der Waals surface area contributed by atoms with Crippen LogP contribution < -0.4 is 10.9 Å². The molecule has 1 aromatic heterocycles. The SMILES string of the molecule is Cc1nn(CC(=O)NC(C)(C)CO)c(=O)c2ccccc12. The van der Waals surface area contributed by atoms with Gasteiger partial charge < -0.3 is 10.4 Å². The maximum Gasteiger partial charge on any atom is 0.275 e. The standard InChI is InChI=1S/C15H19N3O3/c1-10-11-6-4-5-7-12(11)14(21)18(17-10)8-13(20)16-15(2,3)9-19/h4-7,19H,8-9H2,1-3H3,(H,16,20). The molecule has 0 saturated heterocycles. The van der Waals surface area contributed by atoms with E-state index in [1.807, 2.05) is 12.1 Å². The molecule has 0 aliphatic heterocycles. The highest BCUT2D eigenvalue weighted by Crippen LogP contribution is 2.11. The van der Waals surface area contributed by atoms with Crippen molar-refractivity contribution >= 4 is 16.7 Å². The average Bonchev–Trinajstić information content (AvgIpc) is 2.44. The number of fused-ring (bicyclic) bond motifs is 1. The molecule has 0 unspecified atom stereocenters. The first-order valence-electron chi connectivity index (χ1n) is 6.72. The van der Waals surface area contributed by atoms with Gasteiger partial charge in [-0.3, -0.25) is 9.59 Å². The van der Waals surface area contributed by atoms with Gasteiger partial charge in [0.2, 0.25) is 5.91 Å². The van der Waals surface area contributed by atoms with Crippen molar-refractivity contribution in [1.29, 1.82) is 0 Å². The Morgan fingerprint density at radius 1 is 1.33 bits per heavy atom. The minimum absolute atomic E-state index is 0.173. The number of benzene rings is 1. The van der Waals surface area contributed by atoms with Gasteiger partial charge in [-0.1, -0.05) is 18.2 Å². The fourth-order valence-electron chi connectivity index (χ4n) is 2.10. The predicted octanol–water partition coefficient (Wildman–Crippen LogP) is 0.592.